The van der Waals surface area contributed by atoms with Crippen LogP contribution in [0.25, 0.3) is 0 Å². The quantitative estimate of drug-likeness (QED) is 0.326. The van der Waals surface area contributed by atoms with Crippen LogP contribution in [0.3, 0.4) is 0 Å². The van der Waals surface area contributed by atoms with Crippen LogP contribution in [0.15, 0.2) is 30.3 Å². The minimum absolute atomic E-state index is 0. The summed E-state index contributed by atoms with van der Waals surface area (Å²) in [7, 11) is 9.87. The van der Waals surface area contributed by atoms with Crippen LogP contribution in [0.1, 0.15) is 89.0 Å². The molecule has 29 heavy (non-hydrogen) atoms. The standard InChI is InChI=1S/C19H26.C5H10.2CH3.2ClH.Zr/c1-13-10-16-12-15-8-5-9-17(15)19(18(16)11-13)14-6-3-2-4-7-14;1-2-4-5-3-1;;;;;/h2-4,6-7,13,15-19H,5,8-12H2,1H3;1-5H2;2*1H3;2*1H;/q;;2*-1;;;+4/p-2. The van der Waals surface area contributed by atoms with E-state index in [-0.39, 0.29) is 14.9 Å². The fourth-order valence-corrected chi connectivity index (χ4v) is 6.75. The zero-order valence-corrected chi connectivity index (χ0v) is 22.9. The predicted octanol–water partition coefficient (Wildman–Crippen LogP) is 9.48. The topological polar surface area (TPSA) is 0 Å². The Bertz CT molecular complexity index is 523. The Hall–Kier alpha value is 0.683. The summed E-state index contributed by atoms with van der Waals surface area (Å²) in [5.74, 6) is 5.96. The second-order valence-electron chi connectivity index (χ2n) is 9.37. The molecule has 0 heterocycles. The second-order valence-corrected chi connectivity index (χ2v) is 13.1. The van der Waals surface area contributed by atoms with Gasteiger partial charge in [0.2, 0.25) is 0 Å². The van der Waals surface area contributed by atoms with E-state index < -0.39 is 20.8 Å². The summed E-state index contributed by atoms with van der Waals surface area (Å²) in [6.07, 6.45) is 16.6. The third kappa shape index (κ3) is 7.65. The van der Waals surface area contributed by atoms with Crippen LogP contribution in [-0.4, -0.2) is 0 Å². The van der Waals surface area contributed by atoms with Crippen molar-refractivity contribution >= 4 is 17.0 Å². The SMILES string of the molecule is C1CCCC1.CC1CC2CC3CCCC3C(c3ccccc3)C2C1.[CH3-].[CH3-].[Cl][Zr+2][Cl]. The molecule has 4 aliphatic rings. The number of halogens is 2. The molecule has 5 rings (SSSR count). The first-order valence-electron chi connectivity index (χ1n) is 11.3. The molecule has 0 aromatic heterocycles. The minimum atomic E-state index is -0.826. The normalized spacial score (nSPS) is 33.9. The maximum atomic E-state index is 4.93. The van der Waals surface area contributed by atoms with Gasteiger partial charge in [0.05, 0.1) is 0 Å². The van der Waals surface area contributed by atoms with Gasteiger partial charge in [0.1, 0.15) is 0 Å². The molecule has 1 aromatic rings. The number of fused-ring (bicyclic) bond motifs is 2. The number of hydrogen-bond acceptors (Lipinski definition) is 0. The molecule has 4 aliphatic carbocycles. The van der Waals surface area contributed by atoms with Crippen LogP contribution in [-0.2, 0) is 20.8 Å². The van der Waals surface area contributed by atoms with Gasteiger partial charge in [-0.25, -0.2) is 0 Å². The Morgan fingerprint density at radius 2 is 1.31 bits per heavy atom. The summed E-state index contributed by atoms with van der Waals surface area (Å²) in [6, 6.07) is 11.5. The molecule has 0 saturated heterocycles. The number of hydrogen-bond donors (Lipinski definition) is 0. The molecule has 4 saturated carbocycles. The first-order chi connectivity index (χ1) is 13.2. The molecule has 6 atom stereocenters. The molecule has 0 N–H and O–H groups in total. The van der Waals surface area contributed by atoms with Crippen LogP contribution < -0.4 is 0 Å². The van der Waals surface area contributed by atoms with Gasteiger partial charge in [-0.2, -0.15) is 0 Å². The van der Waals surface area contributed by atoms with Crippen molar-refractivity contribution in [2.24, 2.45) is 29.6 Å². The average Bonchev–Trinajstić information content (AvgIpc) is 3.43. The van der Waals surface area contributed by atoms with Gasteiger partial charge in [-0.05, 0) is 66.8 Å². The van der Waals surface area contributed by atoms with E-state index in [0.717, 1.165) is 35.5 Å². The van der Waals surface area contributed by atoms with Crippen molar-refractivity contribution < 1.29 is 20.8 Å². The fraction of sp³-hybridized carbons (Fsp3) is 0.692. The van der Waals surface area contributed by atoms with Crippen molar-refractivity contribution in [2.75, 3.05) is 0 Å². The molecule has 0 amide bonds. The molecule has 0 spiro atoms. The molecule has 0 aliphatic heterocycles. The van der Waals surface area contributed by atoms with Crippen LogP contribution in [0, 0.1) is 44.4 Å². The molecule has 164 valence electrons. The van der Waals surface area contributed by atoms with Gasteiger partial charge in [-0.3, -0.25) is 0 Å². The Kier molecular flexibility index (Phi) is 14.0. The van der Waals surface area contributed by atoms with Crippen molar-refractivity contribution in [1.29, 1.82) is 0 Å². The zero-order valence-electron chi connectivity index (χ0n) is 18.9. The van der Waals surface area contributed by atoms with E-state index in [9.17, 15) is 0 Å². The van der Waals surface area contributed by atoms with Crippen molar-refractivity contribution in [2.45, 2.75) is 83.5 Å². The van der Waals surface area contributed by atoms with Gasteiger partial charge in [-0.15, -0.1) is 0 Å². The number of rotatable bonds is 1. The summed E-state index contributed by atoms with van der Waals surface area (Å²) in [5, 5.41) is 0. The van der Waals surface area contributed by atoms with E-state index in [2.05, 4.69) is 37.3 Å². The molecular weight excluding hydrogens is 474 g/mol. The monoisotopic (exact) mass is 514 g/mol. The van der Waals surface area contributed by atoms with E-state index >= 15 is 0 Å². The Morgan fingerprint density at radius 1 is 0.724 bits per heavy atom. The van der Waals surface area contributed by atoms with Gasteiger partial charge >= 0.3 is 37.9 Å². The Labute approximate surface area is 200 Å². The van der Waals surface area contributed by atoms with E-state index in [4.69, 9.17) is 17.0 Å². The van der Waals surface area contributed by atoms with E-state index in [1.807, 2.05) is 0 Å². The summed E-state index contributed by atoms with van der Waals surface area (Å²) in [5.41, 5.74) is 1.66. The predicted molar refractivity (Wildman–Crippen MR) is 128 cm³/mol. The second kappa shape index (κ2) is 14.7. The summed E-state index contributed by atoms with van der Waals surface area (Å²) in [6.45, 7) is 2.48. The van der Waals surface area contributed by atoms with Gasteiger partial charge in [0.25, 0.3) is 0 Å². The van der Waals surface area contributed by atoms with Gasteiger partial charge in [-0.1, -0.05) is 82.2 Å². The van der Waals surface area contributed by atoms with Crippen molar-refractivity contribution in [3.05, 3.63) is 50.7 Å². The Balaban J connectivity index is 0.000000360. The molecular formula is C26H42Cl2Zr. The van der Waals surface area contributed by atoms with Crippen molar-refractivity contribution in [3.8, 4) is 0 Å². The zero-order chi connectivity index (χ0) is 19.1. The molecule has 0 nitrogen and oxygen atoms in total. The van der Waals surface area contributed by atoms with E-state index in [0.29, 0.717) is 0 Å². The third-order valence-corrected chi connectivity index (χ3v) is 7.67. The van der Waals surface area contributed by atoms with Crippen LogP contribution >= 0.6 is 17.0 Å². The summed E-state index contributed by atoms with van der Waals surface area (Å²) in [4.78, 5) is 0. The van der Waals surface area contributed by atoms with Crippen molar-refractivity contribution in [1.82, 2.24) is 0 Å². The fourth-order valence-electron chi connectivity index (χ4n) is 6.75. The van der Waals surface area contributed by atoms with Crippen LogP contribution in [0.4, 0.5) is 0 Å². The summed E-state index contributed by atoms with van der Waals surface area (Å²) < 4.78 is 0. The van der Waals surface area contributed by atoms with Gasteiger partial charge in [0.15, 0.2) is 0 Å². The summed E-state index contributed by atoms with van der Waals surface area (Å²) >= 11 is -0.826. The first kappa shape index (κ1) is 27.7. The van der Waals surface area contributed by atoms with Gasteiger partial charge < -0.3 is 14.9 Å². The van der Waals surface area contributed by atoms with Crippen LogP contribution in [0.2, 0.25) is 0 Å². The van der Waals surface area contributed by atoms with E-state index in [1.165, 1.54) is 64.2 Å². The molecule has 1 aromatic carbocycles. The number of benzene rings is 1. The average molecular weight is 517 g/mol. The van der Waals surface area contributed by atoms with Crippen LogP contribution in [0.5, 0.6) is 0 Å². The maximum absolute atomic E-state index is 4.93. The van der Waals surface area contributed by atoms with Gasteiger partial charge in [0, 0.05) is 0 Å². The Morgan fingerprint density at radius 3 is 1.90 bits per heavy atom. The van der Waals surface area contributed by atoms with Crippen molar-refractivity contribution in [3.63, 3.8) is 0 Å². The van der Waals surface area contributed by atoms with E-state index in [1.54, 1.807) is 12.0 Å². The third-order valence-electron chi connectivity index (χ3n) is 7.67. The first-order valence-corrected chi connectivity index (χ1v) is 17.6. The molecule has 0 bridgehead atoms. The molecule has 4 fully saturated rings. The molecule has 0 radical (unpaired) electrons. The molecule has 6 unspecified atom stereocenters. The molecule has 3 heteroatoms.